The van der Waals surface area contributed by atoms with Crippen molar-refractivity contribution in [2.75, 3.05) is 6.54 Å². The molecule has 2 aromatic carbocycles. The molecule has 1 atom stereocenters. The van der Waals surface area contributed by atoms with Gasteiger partial charge in [0.25, 0.3) is 0 Å². The lowest BCUT2D eigenvalue weighted by atomic mass is 10.0. The van der Waals surface area contributed by atoms with Crippen LogP contribution in [0.4, 0.5) is 0 Å². The molecule has 0 fully saturated rings. The van der Waals surface area contributed by atoms with Crippen LogP contribution in [0.2, 0.25) is 0 Å². The molecule has 18 heavy (non-hydrogen) atoms. The molecule has 2 N–H and O–H groups in total. The Kier molecular flexibility index (Phi) is 3.95. The van der Waals surface area contributed by atoms with Gasteiger partial charge in [-0.25, -0.2) is 0 Å². The first-order valence-corrected chi connectivity index (χ1v) is 6.10. The summed E-state index contributed by atoms with van der Waals surface area (Å²) in [5.41, 5.74) is 1.18. The molecule has 3 nitrogen and oxygen atoms in total. The van der Waals surface area contributed by atoms with Gasteiger partial charge in [-0.05, 0) is 29.3 Å². The lowest BCUT2D eigenvalue weighted by molar-refractivity contribution is -0.136. The highest BCUT2D eigenvalue weighted by Gasteiger charge is 2.06. The number of carbonyl (C=O) groups is 1. The number of fused-ring (bicyclic) bond motifs is 1. The number of carboxylic acids is 1. The molecule has 0 radical (unpaired) electrons. The molecular weight excluding hydrogens is 226 g/mol. The van der Waals surface area contributed by atoms with E-state index in [1.54, 1.807) is 0 Å². The lowest BCUT2D eigenvalue weighted by Crippen LogP contribution is -2.21. The summed E-state index contributed by atoms with van der Waals surface area (Å²) >= 11 is 0. The minimum atomic E-state index is -0.770. The van der Waals surface area contributed by atoms with Crippen molar-refractivity contribution in [3.05, 3.63) is 48.0 Å². The van der Waals surface area contributed by atoms with E-state index in [1.807, 2.05) is 19.1 Å². The molecule has 1 unspecified atom stereocenters. The summed E-state index contributed by atoms with van der Waals surface area (Å²) in [6, 6.07) is 14.7. The fraction of sp³-hybridized carbons (Fsp3) is 0.267. The highest BCUT2D eigenvalue weighted by Crippen LogP contribution is 2.20. The number of aliphatic carboxylic acids is 1. The van der Waals surface area contributed by atoms with Gasteiger partial charge in [0.1, 0.15) is 0 Å². The molecule has 94 valence electrons. The predicted molar refractivity (Wildman–Crippen MR) is 72.6 cm³/mol. The second-order valence-electron chi connectivity index (χ2n) is 4.43. The molecule has 0 aliphatic carbocycles. The summed E-state index contributed by atoms with van der Waals surface area (Å²) in [5.74, 6) is -0.770. The molecule has 2 rings (SSSR count). The Morgan fingerprint density at radius 3 is 2.67 bits per heavy atom. The van der Waals surface area contributed by atoms with Crippen molar-refractivity contribution in [1.82, 2.24) is 5.32 Å². The average molecular weight is 243 g/mol. The number of hydrogen-bond donors (Lipinski definition) is 2. The summed E-state index contributed by atoms with van der Waals surface area (Å²) in [5, 5.41) is 14.2. The maximum Gasteiger partial charge on any atom is 0.304 e. The van der Waals surface area contributed by atoms with Crippen LogP contribution in [0.15, 0.2) is 42.5 Å². The molecule has 0 heterocycles. The van der Waals surface area contributed by atoms with Gasteiger partial charge in [0.05, 0.1) is 6.42 Å². The van der Waals surface area contributed by atoms with E-state index in [2.05, 4.69) is 35.6 Å². The topological polar surface area (TPSA) is 49.3 Å². The molecule has 0 saturated carbocycles. The van der Waals surface area contributed by atoms with E-state index in [-0.39, 0.29) is 12.5 Å². The van der Waals surface area contributed by atoms with Crippen LogP contribution in [0.25, 0.3) is 10.8 Å². The normalized spacial score (nSPS) is 12.5. The molecule has 0 aliphatic rings. The van der Waals surface area contributed by atoms with Crippen LogP contribution in [-0.4, -0.2) is 17.6 Å². The predicted octanol–water partition coefficient (Wildman–Crippen LogP) is 2.97. The van der Waals surface area contributed by atoms with Crippen molar-refractivity contribution in [2.24, 2.45) is 0 Å². The first-order valence-electron chi connectivity index (χ1n) is 6.10. The average Bonchev–Trinajstić information content (AvgIpc) is 2.37. The largest absolute Gasteiger partial charge is 0.481 e. The minimum Gasteiger partial charge on any atom is -0.481 e. The Balaban J connectivity index is 2.08. The van der Waals surface area contributed by atoms with Crippen LogP contribution in [0.5, 0.6) is 0 Å². The van der Waals surface area contributed by atoms with E-state index in [0.717, 1.165) is 0 Å². The van der Waals surface area contributed by atoms with Gasteiger partial charge in [0.2, 0.25) is 0 Å². The van der Waals surface area contributed by atoms with Gasteiger partial charge in [-0.2, -0.15) is 0 Å². The zero-order chi connectivity index (χ0) is 13.0. The fourth-order valence-electron chi connectivity index (χ4n) is 1.99. The van der Waals surface area contributed by atoms with Crippen molar-refractivity contribution in [3.8, 4) is 0 Å². The molecule has 2 aromatic rings. The van der Waals surface area contributed by atoms with E-state index in [0.29, 0.717) is 6.54 Å². The quantitative estimate of drug-likeness (QED) is 0.848. The van der Waals surface area contributed by atoms with Crippen LogP contribution in [0.3, 0.4) is 0 Å². The molecule has 0 spiro atoms. The van der Waals surface area contributed by atoms with Crippen molar-refractivity contribution in [1.29, 1.82) is 0 Å². The third kappa shape index (κ3) is 3.08. The fourth-order valence-corrected chi connectivity index (χ4v) is 1.99. The van der Waals surface area contributed by atoms with Gasteiger partial charge in [0.15, 0.2) is 0 Å². The van der Waals surface area contributed by atoms with Crippen molar-refractivity contribution >= 4 is 16.7 Å². The molecule has 0 bridgehead atoms. The van der Waals surface area contributed by atoms with Gasteiger partial charge in [-0.3, -0.25) is 4.79 Å². The summed E-state index contributed by atoms with van der Waals surface area (Å²) in [4.78, 5) is 10.5. The molecule has 3 heteroatoms. The smallest absolute Gasteiger partial charge is 0.304 e. The van der Waals surface area contributed by atoms with Crippen molar-refractivity contribution in [3.63, 3.8) is 0 Å². The van der Waals surface area contributed by atoms with Crippen molar-refractivity contribution < 1.29 is 9.90 Å². The second-order valence-corrected chi connectivity index (χ2v) is 4.43. The van der Waals surface area contributed by atoms with Gasteiger partial charge < -0.3 is 10.4 Å². The van der Waals surface area contributed by atoms with Crippen LogP contribution in [-0.2, 0) is 4.79 Å². The number of nitrogens with one attached hydrogen (secondary N) is 1. The van der Waals surface area contributed by atoms with E-state index < -0.39 is 5.97 Å². The number of rotatable bonds is 5. The first kappa shape index (κ1) is 12.6. The second kappa shape index (κ2) is 5.65. The van der Waals surface area contributed by atoms with Gasteiger partial charge in [-0.15, -0.1) is 0 Å². The van der Waals surface area contributed by atoms with Gasteiger partial charge in [-0.1, -0.05) is 36.4 Å². The van der Waals surface area contributed by atoms with Gasteiger partial charge >= 0.3 is 5.97 Å². The Bertz CT molecular complexity index is 551. The van der Waals surface area contributed by atoms with Gasteiger partial charge in [0, 0.05) is 12.6 Å². The van der Waals surface area contributed by atoms with Crippen LogP contribution < -0.4 is 5.32 Å². The summed E-state index contributed by atoms with van der Waals surface area (Å²) < 4.78 is 0. The Morgan fingerprint density at radius 2 is 1.94 bits per heavy atom. The highest BCUT2D eigenvalue weighted by atomic mass is 16.4. The molecule has 0 amide bonds. The standard InChI is InChI=1S/C15H17NO2/c1-11(16-9-8-15(17)18)13-7-6-12-4-2-3-5-14(12)10-13/h2-7,10-11,16H,8-9H2,1H3,(H,17,18). The zero-order valence-corrected chi connectivity index (χ0v) is 10.4. The Morgan fingerprint density at radius 1 is 1.22 bits per heavy atom. The van der Waals surface area contributed by atoms with Crippen LogP contribution in [0, 0.1) is 0 Å². The zero-order valence-electron chi connectivity index (χ0n) is 10.4. The Labute approximate surface area is 106 Å². The third-order valence-corrected chi connectivity index (χ3v) is 3.06. The molecule has 0 saturated heterocycles. The lowest BCUT2D eigenvalue weighted by Gasteiger charge is -2.14. The minimum absolute atomic E-state index is 0.151. The van der Waals surface area contributed by atoms with Crippen LogP contribution in [0.1, 0.15) is 24.9 Å². The molecule has 0 aliphatic heterocycles. The number of benzene rings is 2. The highest BCUT2D eigenvalue weighted by molar-refractivity contribution is 5.83. The van der Waals surface area contributed by atoms with E-state index >= 15 is 0 Å². The first-order chi connectivity index (χ1) is 8.66. The third-order valence-electron chi connectivity index (χ3n) is 3.06. The van der Waals surface area contributed by atoms with Crippen LogP contribution >= 0.6 is 0 Å². The number of hydrogen-bond acceptors (Lipinski definition) is 2. The number of carboxylic acid groups (broad SMARTS) is 1. The summed E-state index contributed by atoms with van der Waals surface area (Å²) in [6.45, 7) is 2.54. The van der Waals surface area contributed by atoms with Crippen molar-refractivity contribution in [2.45, 2.75) is 19.4 Å². The maximum absolute atomic E-state index is 10.5. The van der Waals surface area contributed by atoms with E-state index in [1.165, 1.54) is 16.3 Å². The molecule has 0 aromatic heterocycles. The summed E-state index contributed by atoms with van der Waals surface area (Å²) in [7, 11) is 0. The van der Waals surface area contributed by atoms with E-state index in [4.69, 9.17) is 5.11 Å². The maximum atomic E-state index is 10.5. The Hall–Kier alpha value is -1.87. The SMILES string of the molecule is CC(NCCC(=O)O)c1ccc2ccccc2c1. The van der Waals surface area contributed by atoms with E-state index in [9.17, 15) is 4.79 Å². The molecular formula is C15H17NO2. The monoisotopic (exact) mass is 243 g/mol. The summed E-state index contributed by atoms with van der Waals surface area (Å²) in [6.07, 6.45) is 0.151.